The summed E-state index contributed by atoms with van der Waals surface area (Å²) in [6.45, 7) is 4.05. The van der Waals surface area contributed by atoms with Crippen LogP contribution in [0.15, 0.2) is 95.5 Å². The van der Waals surface area contributed by atoms with Gasteiger partial charge in [0.15, 0.2) is 0 Å². The van der Waals surface area contributed by atoms with Gasteiger partial charge in [0.25, 0.3) is 0 Å². The highest BCUT2D eigenvalue weighted by Crippen LogP contribution is 2.35. The van der Waals surface area contributed by atoms with E-state index in [9.17, 15) is 9.59 Å². The van der Waals surface area contributed by atoms with Gasteiger partial charge in [-0.1, -0.05) is 90.2 Å². The van der Waals surface area contributed by atoms with Gasteiger partial charge in [-0.2, -0.15) is 0 Å². The number of ether oxygens (including phenoxy) is 2. The van der Waals surface area contributed by atoms with E-state index in [2.05, 4.69) is 16.8 Å². The molecule has 5 heteroatoms. The van der Waals surface area contributed by atoms with Crippen molar-refractivity contribution < 1.29 is 19.1 Å². The van der Waals surface area contributed by atoms with Crippen LogP contribution < -0.4 is 0 Å². The van der Waals surface area contributed by atoms with Gasteiger partial charge in [-0.15, -0.1) is 0 Å². The van der Waals surface area contributed by atoms with Gasteiger partial charge in [0.1, 0.15) is 12.5 Å². The van der Waals surface area contributed by atoms with Crippen LogP contribution in [0.2, 0.25) is 0 Å². The van der Waals surface area contributed by atoms with E-state index in [0.29, 0.717) is 5.70 Å². The van der Waals surface area contributed by atoms with Crippen molar-refractivity contribution in [2.24, 2.45) is 16.8 Å². The summed E-state index contributed by atoms with van der Waals surface area (Å²) in [6, 6.07) is 26.6. The zero-order valence-corrected chi connectivity index (χ0v) is 20.3. The maximum atomic E-state index is 13.6. The lowest BCUT2D eigenvalue weighted by Gasteiger charge is -2.26. The Morgan fingerprint density at radius 1 is 0.889 bits per heavy atom. The molecule has 2 atom stereocenters. The predicted molar refractivity (Wildman–Crippen MR) is 140 cm³/mol. The quantitative estimate of drug-likeness (QED) is 0.353. The third-order valence-electron chi connectivity index (χ3n) is 5.75. The van der Waals surface area contributed by atoms with Crippen molar-refractivity contribution in [2.75, 3.05) is 6.61 Å². The lowest BCUT2D eigenvalue weighted by molar-refractivity contribution is -0.146. The van der Waals surface area contributed by atoms with Crippen molar-refractivity contribution in [3.8, 4) is 11.8 Å². The fourth-order valence-electron chi connectivity index (χ4n) is 3.88. The monoisotopic (exact) mass is 477 g/mol. The third-order valence-corrected chi connectivity index (χ3v) is 5.75. The van der Waals surface area contributed by atoms with Crippen LogP contribution in [0.1, 0.15) is 29.2 Å². The molecule has 1 heterocycles. The largest absolute Gasteiger partial charge is 0.465 e. The topological polar surface area (TPSA) is 65.0 Å². The second-order valence-electron chi connectivity index (χ2n) is 8.36. The number of aliphatic imine (C=N–C) groups is 1. The Balaban J connectivity index is 1.77. The van der Waals surface area contributed by atoms with Crippen LogP contribution >= 0.6 is 0 Å². The summed E-state index contributed by atoms with van der Waals surface area (Å²) in [7, 11) is 0. The second kappa shape index (κ2) is 11.8. The van der Waals surface area contributed by atoms with E-state index in [4.69, 9.17) is 9.47 Å². The molecule has 36 heavy (non-hydrogen) atoms. The zero-order valence-electron chi connectivity index (χ0n) is 20.3. The fraction of sp³-hybridized carbons (Fsp3) is 0.194. The molecule has 0 spiro atoms. The highest BCUT2D eigenvalue weighted by Gasteiger charge is 2.39. The van der Waals surface area contributed by atoms with Gasteiger partial charge in [0.2, 0.25) is 0 Å². The van der Waals surface area contributed by atoms with Crippen molar-refractivity contribution in [3.63, 3.8) is 0 Å². The molecule has 0 saturated carbocycles. The second-order valence-corrected chi connectivity index (χ2v) is 8.36. The van der Waals surface area contributed by atoms with Crippen LogP contribution in [-0.4, -0.2) is 24.8 Å². The molecule has 0 amide bonds. The minimum absolute atomic E-state index is 0.0945. The van der Waals surface area contributed by atoms with Crippen LogP contribution in [0.25, 0.3) is 5.70 Å². The highest BCUT2D eigenvalue weighted by molar-refractivity contribution is 6.05. The molecule has 0 fully saturated rings. The van der Waals surface area contributed by atoms with Crippen molar-refractivity contribution in [1.29, 1.82) is 0 Å². The molecule has 0 radical (unpaired) electrons. The van der Waals surface area contributed by atoms with Crippen molar-refractivity contribution in [1.82, 2.24) is 0 Å². The summed E-state index contributed by atoms with van der Waals surface area (Å²) in [4.78, 5) is 31.0. The predicted octanol–water partition coefficient (Wildman–Crippen LogP) is 5.38. The first-order chi connectivity index (χ1) is 17.6. The molecule has 1 aliphatic rings. The van der Waals surface area contributed by atoms with E-state index >= 15 is 0 Å². The number of nitrogens with zero attached hydrogens (tertiary/aromatic N) is 1. The number of aryl methyl sites for hydroxylation is 1. The molecule has 3 aromatic rings. The maximum Gasteiger partial charge on any atom is 0.337 e. The van der Waals surface area contributed by atoms with Gasteiger partial charge >= 0.3 is 11.9 Å². The lowest BCUT2D eigenvalue weighted by Crippen LogP contribution is -2.33. The Kier molecular flexibility index (Phi) is 8.10. The SMILES string of the molecule is CCOC(=O)C1C=NC(c2ccccc2)=C(C(=O)OCc2ccc(C)cc2)C1C#Cc1ccccc1. The maximum absolute atomic E-state index is 13.6. The van der Waals surface area contributed by atoms with E-state index in [1.165, 1.54) is 6.21 Å². The van der Waals surface area contributed by atoms with Crippen LogP contribution in [0.5, 0.6) is 0 Å². The van der Waals surface area contributed by atoms with Gasteiger partial charge in [0.05, 0.1) is 23.8 Å². The summed E-state index contributed by atoms with van der Waals surface area (Å²) < 4.78 is 11.0. The number of carbonyl (C=O) groups excluding carboxylic acids is 2. The summed E-state index contributed by atoms with van der Waals surface area (Å²) in [6.07, 6.45) is 1.53. The molecule has 2 unspecified atom stereocenters. The van der Waals surface area contributed by atoms with E-state index in [-0.39, 0.29) is 18.8 Å². The van der Waals surface area contributed by atoms with Gasteiger partial charge in [-0.3, -0.25) is 9.79 Å². The van der Waals surface area contributed by atoms with Crippen molar-refractivity contribution in [2.45, 2.75) is 20.5 Å². The minimum atomic E-state index is -0.837. The van der Waals surface area contributed by atoms with E-state index in [1.54, 1.807) is 6.92 Å². The first-order valence-electron chi connectivity index (χ1n) is 11.9. The first kappa shape index (κ1) is 24.7. The standard InChI is InChI=1S/C31H27NO4/c1-3-35-30(33)27-20-32-29(25-12-8-5-9-13-25)28(26(27)19-18-23-10-6-4-7-11-23)31(34)36-21-24-16-14-22(2)15-17-24/h4-17,20,26-27H,3,21H2,1-2H3. The summed E-state index contributed by atoms with van der Waals surface area (Å²) in [5.74, 6) is 3.61. The summed E-state index contributed by atoms with van der Waals surface area (Å²) in [5, 5.41) is 0. The Morgan fingerprint density at radius 2 is 1.56 bits per heavy atom. The smallest absolute Gasteiger partial charge is 0.337 e. The van der Waals surface area contributed by atoms with Crippen molar-refractivity contribution >= 4 is 23.9 Å². The Hall–Kier alpha value is -4.43. The lowest BCUT2D eigenvalue weighted by atomic mass is 9.82. The van der Waals surface area contributed by atoms with Gasteiger partial charge in [-0.05, 0) is 31.5 Å². The number of hydrogen-bond acceptors (Lipinski definition) is 5. The van der Waals surface area contributed by atoms with Crippen molar-refractivity contribution in [3.05, 3.63) is 113 Å². The molecule has 0 N–H and O–H groups in total. The number of rotatable bonds is 6. The average molecular weight is 478 g/mol. The molecular weight excluding hydrogens is 450 g/mol. The third kappa shape index (κ3) is 5.97. The number of esters is 2. The summed E-state index contributed by atoms with van der Waals surface area (Å²) in [5.41, 5.74) is 4.19. The normalized spacial score (nSPS) is 16.6. The number of carbonyl (C=O) groups is 2. The van der Waals surface area contributed by atoms with Crippen LogP contribution in [-0.2, 0) is 25.7 Å². The molecule has 5 nitrogen and oxygen atoms in total. The fourth-order valence-corrected chi connectivity index (χ4v) is 3.88. The Labute approximate surface area is 211 Å². The van der Waals surface area contributed by atoms with E-state index in [0.717, 1.165) is 22.3 Å². The average Bonchev–Trinajstić information content (AvgIpc) is 2.92. The highest BCUT2D eigenvalue weighted by atomic mass is 16.5. The van der Waals surface area contributed by atoms with E-state index < -0.39 is 23.8 Å². The van der Waals surface area contributed by atoms with Crippen LogP contribution in [0.3, 0.4) is 0 Å². The Morgan fingerprint density at radius 3 is 2.22 bits per heavy atom. The van der Waals surface area contributed by atoms with Crippen LogP contribution in [0, 0.1) is 30.6 Å². The summed E-state index contributed by atoms with van der Waals surface area (Å²) >= 11 is 0. The Bertz CT molecular complexity index is 1330. The first-order valence-corrected chi connectivity index (χ1v) is 11.9. The minimum Gasteiger partial charge on any atom is -0.465 e. The molecule has 0 aromatic heterocycles. The van der Waals surface area contributed by atoms with Crippen LogP contribution in [0.4, 0.5) is 0 Å². The van der Waals surface area contributed by atoms with E-state index in [1.807, 2.05) is 91.9 Å². The molecule has 0 bridgehead atoms. The van der Waals surface area contributed by atoms with Gasteiger partial charge < -0.3 is 9.47 Å². The molecule has 1 aliphatic heterocycles. The number of benzene rings is 3. The molecule has 4 rings (SSSR count). The molecule has 0 saturated heterocycles. The molecule has 3 aromatic carbocycles. The van der Waals surface area contributed by atoms with Gasteiger partial charge in [0, 0.05) is 17.3 Å². The number of hydrogen-bond donors (Lipinski definition) is 0. The zero-order chi connectivity index (χ0) is 25.3. The molecule has 0 aliphatic carbocycles. The molecular formula is C31H27NO4. The van der Waals surface area contributed by atoms with Gasteiger partial charge in [-0.25, -0.2) is 4.79 Å². The molecule has 180 valence electrons.